The molecule has 2 aromatic rings. The molecule has 1 amide bonds. The van der Waals surface area contributed by atoms with Gasteiger partial charge in [-0.25, -0.2) is 4.98 Å². The van der Waals surface area contributed by atoms with E-state index in [1.54, 1.807) is 19.1 Å². The van der Waals surface area contributed by atoms with Crippen molar-refractivity contribution in [3.63, 3.8) is 0 Å². The van der Waals surface area contributed by atoms with Crippen LogP contribution in [0.25, 0.3) is 0 Å². The number of rotatable bonds is 9. The third-order valence-corrected chi connectivity index (χ3v) is 6.87. The summed E-state index contributed by atoms with van der Waals surface area (Å²) in [5.74, 6) is 0.801. The number of ether oxygens (including phenoxy) is 2. The number of fused-ring (bicyclic) bond motifs is 1. The molecule has 1 unspecified atom stereocenters. The fourth-order valence-corrected chi connectivity index (χ4v) is 4.91. The van der Waals surface area contributed by atoms with Crippen LogP contribution in [-0.4, -0.2) is 77.2 Å². The predicted octanol–water partition coefficient (Wildman–Crippen LogP) is 2.83. The zero-order valence-electron chi connectivity index (χ0n) is 20.8. The van der Waals surface area contributed by atoms with Crippen LogP contribution in [0.1, 0.15) is 42.7 Å². The van der Waals surface area contributed by atoms with Crippen molar-refractivity contribution < 1.29 is 37.1 Å². The Bertz CT molecular complexity index is 1040. The van der Waals surface area contributed by atoms with Gasteiger partial charge in [-0.15, -0.1) is 0 Å². The Labute approximate surface area is 213 Å². The van der Waals surface area contributed by atoms with Gasteiger partial charge in [0.05, 0.1) is 6.10 Å². The van der Waals surface area contributed by atoms with Crippen LogP contribution in [0.2, 0.25) is 0 Å². The molecular weight excluding hydrogens is 493 g/mol. The van der Waals surface area contributed by atoms with Crippen LogP contribution in [-0.2, 0) is 17.6 Å². The van der Waals surface area contributed by atoms with E-state index < -0.39 is 18.9 Å². The van der Waals surface area contributed by atoms with Crippen molar-refractivity contribution in [2.24, 2.45) is 5.92 Å². The molecule has 1 fully saturated rings. The highest BCUT2D eigenvalue weighted by Crippen LogP contribution is 2.28. The Morgan fingerprint density at radius 2 is 1.95 bits per heavy atom. The Balaban J connectivity index is 1.17. The second kappa shape index (κ2) is 12.1. The van der Waals surface area contributed by atoms with E-state index in [0.29, 0.717) is 31.7 Å². The molecule has 1 saturated carbocycles. The van der Waals surface area contributed by atoms with E-state index in [9.17, 15) is 23.1 Å². The molecule has 1 aliphatic carbocycles. The summed E-state index contributed by atoms with van der Waals surface area (Å²) in [6, 6.07) is 4.92. The van der Waals surface area contributed by atoms with Crippen molar-refractivity contribution in [2.45, 2.75) is 63.8 Å². The molecule has 0 radical (unpaired) electrons. The number of carbonyl (C=O) groups is 1. The lowest BCUT2D eigenvalue weighted by Crippen LogP contribution is -2.43. The number of aliphatic hydroxyl groups excluding tert-OH is 1. The SMILES string of the molecule is Cc1cc(OCC(=O)NC2CCC(C(O)CN3CCc4ccc(OCC(F)(F)F)nc4CC3)CC2)no1. The third-order valence-electron chi connectivity index (χ3n) is 6.87. The number of nitrogens with zero attached hydrogens (tertiary/aromatic N) is 3. The molecule has 4 rings (SSSR count). The van der Waals surface area contributed by atoms with Gasteiger partial charge >= 0.3 is 6.18 Å². The Morgan fingerprint density at radius 3 is 2.65 bits per heavy atom. The summed E-state index contributed by atoms with van der Waals surface area (Å²) in [5.41, 5.74) is 1.74. The molecule has 0 bridgehead atoms. The van der Waals surface area contributed by atoms with Crippen LogP contribution in [0.15, 0.2) is 22.7 Å². The number of β-amino-alcohol motifs (C(OH)–C–C–N with tert-alkyl or cyclic N) is 1. The minimum absolute atomic E-state index is 0.0202. The number of aromatic nitrogens is 2. The van der Waals surface area contributed by atoms with E-state index in [1.165, 1.54) is 6.07 Å². The minimum atomic E-state index is -4.40. The fraction of sp³-hybridized carbons (Fsp3) is 0.640. The predicted molar refractivity (Wildman–Crippen MR) is 126 cm³/mol. The first-order chi connectivity index (χ1) is 17.6. The molecule has 37 heavy (non-hydrogen) atoms. The average Bonchev–Trinajstić information content (AvgIpc) is 3.18. The van der Waals surface area contributed by atoms with Crippen molar-refractivity contribution >= 4 is 5.91 Å². The van der Waals surface area contributed by atoms with E-state index in [4.69, 9.17) is 14.0 Å². The van der Waals surface area contributed by atoms with Crippen molar-refractivity contribution in [3.8, 4) is 11.8 Å². The van der Waals surface area contributed by atoms with Crippen molar-refractivity contribution in [1.29, 1.82) is 0 Å². The van der Waals surface area contributed by atoms with Crippen LogP contribution >= 0.6 is 0 Å². The summed E-state index contributed by atoms with van der Waals surface area (Å²) < 4.78 is 52.3. The summed E-state index contributed by atoms with van der Waals surface area (Å²) in [5, 5.41) is 17.6. The van der Waals surface area contributed by atoms with Gasteiger partial charge in [0.2, 0.25) is 5.88 Å². The summed E-state index contributed by atoms with van der Waals surface area (Å²) in [6.45, 7) is 2.18. The van der Waals surface area contributed by atoms with Gasteiger partial charge in [-0.2, -0.15) is 13.2 Å². The molecule has 0 saturated heterocycles. The highest BCUT2D eigenvalue weighted by atomic mass is 19.4. The first kappa shape index (κ1) is 27.2. The van der Waals surface area contributed by atoms with Crippen LogP contribution in [0.5, 0.6) is 11.8 Å². The normalized spacial score (nSPS) is 21.5. The first-order valence-corrected chi connectivity index (χ1v) is 12.6. The van der Waals surface area contributed by atoms with Gasteiger partial charge in [0, 0.05) is 49.9 Å². The van der Waals surface area contributed by atoms with Crippen LogP contribution < -0.4 is 14.8 Å². The van der Waals surface area contributed by atoms with Gasteiger partial charge in [-0.1, -0.05) is 6.07 Å². The zero-order chi connectivity index (χ0) is 26.4. The first-order valence-electron chi connectivity index (χ1n) is 12.6. The Hall–Kier alpha value is -2.86. The van der Waals surface area contributed by atoms with Crippen LogP contribution in [0, 0.1) is 12.8 Å². The summed E-state index contributed by atoms with van der Waals surface area (Å²) >= 11 is 0. The molecule has 0 aromatic carbocycles. The molecule has 1 aliphatic heterocycles. The Morgan fingerprint density at radius 1 is 1.19 bits per heavy atom. The number of pyridine rings is 1. The molecule has 1 atom stereocenters. The van der Waals surface area contributed by atoms with Gasteiger partial charge in [0.15, 0.2) is 13.2 Å². The lowest BCUT2D eigenvalue weighted by molar-refractivity contribution is -0.154. The van der Waals surface area contributed by atoms with Crippen LogP contribution in [0.3, 0.4) is 0 Å². The van der Waals surface area contributed by atoms with Gasteiger partial charge in [0.1, 0.15) is 5.76 Å². The maximum atomic E-state index is 12.4. The lowest BCUT2D eigenvalue weighted by Gasteiger charge is -2.34. The van der Waals surface area contributed by atoms with E-state index in [0.717, 1.165) is 43.5 Å². The van der Waals surface area contributed by atoms with E-state index in [1.807, 2.05) is 0 Å². The van der Waals surface area contributed by atoms with Gasteiger partial charge < -0.3 is 29.3 Å². The number of hydrogen-bond donors (Lipinski definition) is 2. The number of amides is 1. The molecule has 9 nitrogen and oxygen atoms in total. The smallest absolute Gasteiger partial charge is 0.422 e. The van der Waals surface area contributed by atoms with Gasteiger partial charge in [-0.05, 0) is 55.7 Å². The number of aryl methyl sites for hydroxylation is 1. The highest BCUT2D eigenvalue weighted by Gasteiger charge is 2.30. The molecule has 0 spiro atoms. The number of halogens is 3. The fourth-order valence-electron chi connectivity index (χ4n) is 4.91. The third kappa shape index (κ3) is 8.32. The maximum Gasteiger partial charge on any atom is 0.422 e. The standard InChI is InChI=1S/C25H33F3N4O5/c1-16-12-24(31-37-16)35-14-22(34)29-19-5-2-18(3-6-19)21(33)13-32-10-8-17-4-7-23(30-20(17)9-11-32)36-15-25(26,27)28/h4,7,12,18-19,21,33H,2-3,5-6,8-11,13-15H2,1H3,(H,29,34). The van der Waals surface area contributed by atoms with Gasteiger partial charge in [0.25, 0.3) is 11.8 Å². The van der Waals surface area contributed by atoms with E-state index in [-0.39, 0.29) is 36.2 Å². The highest BCUT2D eigenvalue weighted by molar-refractivity contribution is 5.77. The van der Waals surface area contributed by atoms with Crippen molar-refractivity contribution in [2.75, 3.05) is 32.8 Å². The number of alkyl halides is 3. The molecule has 3 heterocycles. The van der Waals surface area contributed by atoms with Crippen LogP contribution in [0.4, 0.5) is 13.2 Å². The lowest BCUT2D eigenvalue weighted by atomic mass is 9.82. The maximum absolute atomic E-state index is 12.4. The molecule has 2 aromatic heterocycles. The number of aliphatic hydroxyl groups is 1. The van der Waals surface area contributed by atoms with E-state index >= 15 is 0 Å². The van der Waals surface area contributed by atoms with Gasteiger partial charge in [-0.3, -0.25) is 4.79 Å². The largest absolute Gasteiger partial charge is 0.468 e. The molecular formula is C25H33F3N4O5. The number of nitrogens with one attached hydrogen (secondary N) is 1. The zero-order valence-corrected chi connectivity index (χ0v) is 20.8. The Kier molecular flexibility index (Phi) is 8.91. The van der Waals surface area contributed by atoms with Crippen molar-refractivity contribution in [3.05, 3.63) is 35.2 Å². The molecule has 12 heteroatoms. The van der Waals surface area contributed by atoms with E-state index in [2.05, 4.69) is 20.4 Å². The van der Waals surface area contributed by atoms with Crippen molar-refractivity contribution in [1.82, 2.24) is 20.4 Å². The number of carbonyl (C=O) groups excluding carboxylic acids is 1. The minimum Gasteiger partial charge on any atom is -0.468 e. The summed E-state index contributed by atoms with van der Waals surface area (Å²) in [4.78, 5) is 18.6. The average molecular weight is 527 g/mol. The summed E-state index contributed by atoms with van der Waals surface area (Å²) in [6.07, 6.45) is -0.410. The number of hydrogen-bond acceptors (Lipinski definition) is 8. The monoisotopic (exact) mass is 526 g/mol. The second-order valence-electron chi connectivity index (χ2n) is 9.77. The quantitative estimate of drug-likeness (QED) is 0.514. The summed E-state index contributed by atoms with van der Waals surface area (Å²) in [7, 11) is 0. The molecule has 2 N–H and O–H groups in total. The topological polar surface area (TPSA) is 110 Å². The molecule has 204 valence electrons. The molecule has 2 aliphatic rings. The second-order valence-corrected chi connectivity index (χ2v) is 9.77.